The van der Waals surface area contributed by atoms with Gasteiger partial charge in [-0.2, -0.15) is 5.10 Å². The Morgan fingerprint density at radius 1 is 1.53 bits per heavy atom. The topological polar surface area (TPSA) is 37.9 Å². The van der Waals surface area contributed by atoms with Crippen LogP contribution in [0.5, 0.6) is 0 Å². The van der Waals surface area contributed by atoms with E-state index in [-0.39, 0.29) is 0 Å². The normalized spacial score (nSPS) is 17.5. The first-order chi connectivity index (χ1) is 7.40. The Balaban J connectivity index is 2.24. The fourth-order valence-electron chi connectivity index (χ4n) is 2.12. The van der Waals surface area contributed by atoms with Crippen molar-refractivity contribution in [2.45, 2.75) is 13.3 Å². The smallest absolute Gasteiger partial charge is 0.126 e. The first kappa shape index (κ1) is 8.53. The molecule has 3 heteroatoms. The Morgan fingerprint density at radius 3 is 3.33 bits per heavy atom. The average Bonchev–Trinajstić information content (AvgIpc) is 2.79. The number of allylic oxidation sites excluding steroid dienone is 3. The number of fused-ring (bicyclic) bond motifs is 2. The highest BCUT2D eigenvalue weighted by atomic mass is 16.5. The summed E-state index contributed by atoms with van der Waals surface area (Å²) in [6, 6.07) is 0. The highest BCUT2D eigenvalue weighted by Crippen LogP contribution is 2.28. The van der Waals surface area contributed by atoms with Crippen LogP contribution in [0.4, 0.5) is 0 Å². The van der Waals surface area contributed by atoms with Crippen LogP contribution in [0, 0.1) is 0 Å². The maximum absolute atomic E-state index is 5.60. The summed E-state index contributed by atoms with van der Waals surface area (Å²) in [5, 5.41) is 9.35. The van der Waals surface area contributed by atoms with Crippen molar-refractivity contribution in [1.29, 1.82) is 0 Å². The number of hydrogen-bond acceptors (Lipinski definition) is 2. The van der Waals surface area contributed by atoms with E-state index < -0.39 is 0 Å². The van der Waals surface area contributed by atoms with Crippen LogP contribution in [-0.2, 0) is 4.74 Å². The largest absolute Gasteiger partial charge is 0.493 e. The minimum atomic E-state index is 0.705. The molecule has 0 spiro atoms. The van der Waals surface area contributed by atoms with Gasteiger partial charge in [-0.15, -0.1) is 0 Å². The molecule has 0 saturated heterocycles. The molecule has 0 unspecified atom stereocenters. The first-order valence-corrected chi connectivity index (χ1v) is 5.18. The van der Waals surface area contributed by atoms with Crippen molar-refractivity contribution in [2.24, 2.45) is 0 Å². The van der Waals surface area contributed by atoms with Crippen molar-refractivity contribution in [3.63, 3.8) is 0 Å². The molecule has 0 bridgehead atoms. The first-order valence-electron chi connectivity index (χ1n) is 5.18. The van der Waals surface area contributed by atoms with E-state index in [1.54, 1.807) is 0 Å². The lowest BCUT2D eigenvalue weighted by molar-refractivity contribution is 0.241. The van der Waals surface area contributed by atoms with Crippen LogP contribution in [0.2, 0.25) is 0 Å². The zero-order valence-electron chi connectivity index (χ0n) is 8.58. The SMILES string of the molecule is CCOC1=C2C=c3[nH]ncc3=C2CC=C1. The van der Waals surface area contributed by atoms with Gasteiger partial charge >= 0.3 is 0 Å². The number of rotatable bonds is 2. The van der Waals surface area contributed by atoms with Gasteiger partial charge in [0.2, 0.25) is 0 Å². The van der Waals surface area contributed by atoms with Gasteiger partial charge in [-0.25, -0.2) is 0 Å². The van der Waals surface area contributed by atoms with E-state index in [4.69, 9.17) is 4.74 Å². The third-order valence-electron chi connectivity index (χ3n) is 2.76. The second kappa shape index (κ2) is 3.12. The van der Waals surface area contributed by atoms with Crippen LogP contribution in [0.3, 0.4) is 0 Å². The predicted molar refractivity (Wildman–Crippen MR) is 58.1 cm³/mol. The third-order valence-corrected chi connectivity index (χ3v) is 2.76. The van der Waals surface area contributed by atoms with Crippen molar-refractivity contribution < 1.29 is 4.74 Å². The fraction of sp³-hybridized carbons (Fsp3) is 0.250. The molecule has 76 valence electrons. The van der Waals surface area contributed by atoms with Crippen molar-refractivity contribution in [1.82, 2.24) is 10.2 Å². The molecule has 1 heterocycles. The monoisotopic (exact) mass is 200 g/mol. The van der Waals surface area contributed by atoms with Crippen LogP contribution in [0.25, 0.3) is 11.6 Å². The Morgan fingerprint density at radius 2 is 2.47 bits per heavy atom. The summed E-state index contributed by atoms with van der Waals surface area (Å²) in [5.74, 6) is 0.975. The molecule has 1 N–H and O–H groups in total. The van der Waals surface area contributed by atoms with E-state index >= 15 is 0 Å². The van der Waals surface area contributed by atoms with Gasteiger partial charge in [0.05, 0.1) is 18.2 Å². The molecule has 0 atom stereocenters. The summed E-state index contributed by atoms with van der Waals surface area (Å²) < 4.78 is 5.60. The molecule has 1 aromatic rings. The summed E-state index contributed by atoms with van der Waals surface area (Å²) in [4.78, 5) is 0. The number of H-pyrrole nitrogens is 1. The van der Waals surface area contributed by atoms with E-state index in [1.807, 2.05) is 13.1 Å². The lowest BCUT2D eigenvalue weighted by Crippen LogP contribution is -2.19. The maximum atomic E-state index is 5.60. The van der Waals surface area contributed by atoms with Gasteiger partial charge in [0.1, 0.15) is 5.76 Å². The van der Waals surface area contributed by atoms with Crippen LogP contribution in [0.15, 0.2) is 29.7 Å². The van der Waals surface area contributed by atoms with Gasteiger partial charge in [0, 0.05) is 10.8 Å². The van der Waals surface area contributed by atoms with E-state index in [9.17, 15) is 0 Å². The number of nitrogens with one attached hydrogen (secondary N) is 1. The van der Waals surface area contributed by atoms with Gasteiger partial charge in [0.15, 0.2) is 0 Å². The van der Waals surface area contributed by atoms with Crippen molar-refractivity contribution in [3.8, 4) is 0 Å². The molecule has 0 saturated carbocycles. The number of ether oxygens (including phenoxy) is 1. The molecule has 0 amide bonds. The van der Waals surface area contributed by atoms with Gasteiger partial charge in [0.25, 0.3) is 0 Å². The summed E-state index contributed by atoms with van der Waals surface area (Å²) in [5.41, 5.74) is 2.53. The Labute approximate surface area is 87.5 Å². The number of hydrogen-bond donors (Lipinski definition) is 1. The summed E-state index contributed by atoms with van der Waals surface area (Å²) in [7, 11) is 0. The molecule has 0 aromatic carbocycles. The zero-order chi connectivity index (χ0) is 10.3. The summed E-state index contributed by atoms with van der Waals surface area (Å²) in [6.07, 6.45) is 9.16. The predicted octanol–water partition coefficient (Wildman–Crippen LogP) is 0.605. The molecule has 2 aliphatic rings. The molecule has 0 radical (unpaired) electrons. The highest BCUT2D eigenvalue weighted by Gasteiger charge is 2.18. The van der Waals surface area contributed by atoms with Gasteiger partial charge in [-0.1, -0.05) is 6.08 Å². The van der Waals surface area contributed by atoms with Gasteiger partial charge in [-0.05, 0) is 31.1 Å². The zero-order valence-corrected chi connectivity index (χ0v) is 8.58. The van der Waals surface area contributed by atoms with Crippen molar-refractivity contribution in [3.05, 3.63) is 40.2 Å². The van der Waals surface area contributed by atoms with E-state index in [0.29, 0.717) is 6.61 Å². The summed E-state index contributed by atoms with van der Waals surface area (Å²) >= 11 is 0. The lowest BCUT2D eigenvalue weighted by atomic mass is 9.99. The average molecular weight is 200 g/mol. The van der Waals surface area contributed by atoms with E-state index in [1.165, 1.54) is 16.4 Å². The maximum Gasteiger partial charge on any atom is 0.126 e. The number of aromatic nitrogens is 2. The Kier molecular flexibility index (Phi) is 1.78. The van der Waals surface area contributed by atoms with Gasteiger partial charge in [-0.3, -0.25) is 5.10 Å². The molecule has 0 aliphatic heterocycles. The van der Waals surface area contributed by atoms with Crippen LogP contribution in [-0.4, -0.2) is 16.8 Å². The minimum Gasteiger partial charge on any atom is -0.493 e. The summed E-state index contributed by atoms with van der Waals surface area (Å²) in [6.45, 7) is 2.71. The third kappa shape index (κ3) is 1.16. The second-order valence-corrected chi connectivity index (χ2v) is 3.64. The van der Waals surface area contributed by atoms with Crippen LogP contribution in [0.1, 0.15) is 13.3 Å². The quantitative estimate of drug-likeness (QED) is 0.759. The van der Waals surface area contributed by atoms with Gasteiger partial charge < -0.3 is 4.74 Å². The molecule has 3 nitrogen and oxygen atoms in total. The molecular weight excluding hydrogens is 188 g/mol. The number of nitrogens with zero attached hydrogens (tertiary/aromatic N) is 1. The fourth-order valence-corrected chi connectivity index (χ4v) is 2.12. The molecule has 15 heavy (non-hydrogen) atoms. The molecule has 3 rings (SSSR count). The molecule has 0 fully saturated rings. The Bertz CT molecular complexity index is 575. The molecular formula is C12H12N2O. The number of aromatic amines is 1. The van der Waals surface area contributed by atoms with Crippen molar-refractivity contribution in [2.75, 3.05) is 6.61 Å². The van der Waals surface area contributed by atoms with E-state index in [2.05, 4.69) is 28.4 Å². The minimum absolute atomic E-state index is 0.705. The Hall–Kier alpha value is -1.77. The molecule has 2 aliphatic carbocycles. The lowest BCUT2D eigenvalue weighted by Gasteiger charge is -2.13. The second-order valence-electron chi connectivity index (χ2n) is 3.64. The standard InChI is InChI=1S/C12H12N2O/c1-2-15-12-5-3-4-8-9(12)6-11-10(8)7-13-14-11/h3,5-7,14H,2,4H2,1H3. The van der Waals surface area contributed by atoms with Crippen molar-refractivity contribution >= 4 is 11.6 Å². The van der Waals surface area contributed by atoms with E-state index in [0.717, 1.165) is 17.5 Å². The van der Waals surface area contributed by atoms with Crippen LogP contribution < -0.4 is 10.6 Å². The van der Waals surface area contributed by atoms with Crippen LogP contribution >= 0.6 is 0 Å². The molecule has 1 aromatic heterocycles. The highest BCUT2D eigenvalue weighted by molar-refractivity contribution is 5.84.